The Kier molecular flexibility index (Phi) is 2.37. The molecule has 0 aliphatic heterocycles. The third-order valence-corrected chi connectivity index (χ3v) is 1.89. The van der Waals surface area contributed by atoms with Crippen LogP contribution in [0, 0.1) is 0 Å². The maximum absolute atomic E-state index is 11.5. The second-order valence-electron chi connectivity index (χ2n) is 3.58. The fraction of sp³-hybridized carbons (Fsp3) is 0.300. The molecular formula is C10H12N4O. The zero-order valence-electron chi connectivity index (χ0n) is 8.61. The predicted octanol–water partition coefficient (Wildman–Crippen LogP) is 1.14. The molecule has 0 saturated heterocycles. The molecule has 0 fully saturated rings. The number of aromatic amines is 1. The highest BCUT2D eigenvalue weighted by Gasteiger charge is 2.05. The minimum Gasteiger partial charge on any atom is -0.363 e. The van der Waals surface area contributed by atoms with Crippen molar-refractivity contribution in [1.82, 2.24) is 15.0 Å². The van der Waals surface area contributed by atoms with Crippen molar-refractivity contribution in [3.05, 3.63) is 28.7 Å². The summed E-state index contributed by atoms with van der Waals surface area (Å²) in [6.07, 6.45) is 1.62. The first-order valence-electron chi connectivity index (χ1n) is 4.78. The molecule has 0 aromatic carbocycles. The summed E-state index contributed by atoms with van der Waals surface area (Å²) in [5.41, 5.74) is 0.951. The third kappa shape index (κ3) is 1.96. The van der Waals surface area contributed by atoms with E-state index < -0.39 is 0 Å². The predicted molar refractivity (Wildman–Crippen MR) is 58.9 cm³/mol. The lowest BCUT2D eigenvalue weighted by molar-refractivity contribution is 0.884. The summed E-state index contributed by atoms with van der Waals surface area (Å²) in [5, 5.41) is 2.98. The van der Waals surface area contributed by atoms with Gasteiger partial charge in [0.05, 0.1) is 0 Å². The molecule has 2 rings (SSSR count). The summed E-state index contributed by atoms with van der Waals surface area (Å²) in [7, 11) is 0. The van der Waals surface area contributed by atoms with E-state index in [0.717, 1.165) is 0 Å². The number of nitrogens with one attached hydrogen (secondary N) is 2. The molecule has 0 bridgehead atoms. The van der Waals surface area contributed by atoms with Gasteiger partial charge in [0, 0.05) is 12.2 Å². The van der Waals surface area contributed by atoms with E-state index in [9.17, 15) is 4.79 Å². The van der Waals surface area contributed by atoms with Crippen molar-refractivity contribution in [2.24, 2.45) is 0 Å². The molecule has 0 spiro atoms. The molecule has 2 N–H and O–H groups in total. The monoisotopic (exact) mass is 204 g/mol. The van der Waals surface area contributed by atoms with Crippen molar-refractivity contribution in [2.75, 3.05) is 5.32 Å². The van der Waals surface area contributed by atoms with Crippen LogP contribution in [0.25, 0.3) is 11.2 Å². The summed E-state index contributed by atoms with van der Waals surface area (Å²) >= 11 is 0. The Morgan fingerprint density at radius 3 is 3.00 bits per heavy atom. The first-order valence-corrected chi connectivity index (χ1v) is 4.78. The molecule has 0 atom stereocenters. The van der Waals surface area contributed by atoms with E-state index >= 15 is 0 Å². The van der Waals surface area contributed by atoms with Crippen LogP contribution in [-0.4, -0.2) is 21.0 Å². The van der Waals surface area contributed by atoms with Crippen LogP contribution in [0.1, 0.15) is 13.8 Å². The molecule has 2 heterocycles. The maximum Gasteiger partial charge on any atom is 0.292 e. The van der Waals surface area contributed by atoms with Crippen LogP contribution in [0.3, 0.4) is 0 Å². The number of nitrogens with zero attached hydrogens (tertiary/aromatic N) is 2. The molecule has 0 aliphatic rings. The van der Waals surface area contributed by atoms with Crippen LogP contribution in [-0.2, 0) is 0 Å². The van der Waals surface area contributed by atoms with Gasteiger partial charge in [-0.05, 0) is 26.0 Å². The topological polar surface area (TPSA) is 70.7 Å². The smallest absolute Gasteiger partial charge is 0.292 e. The lowest BCUT2D eigenvalue weighted by atomic mass is 10.4. The van der Waals surface area contributed by atoms with E-state index in [0.29, 0.717) is 17.0 Å². The van der Waals surface area contributed by atoms with Crippen LogP contribution < -0.4 is 10.9 Å². The largest absolute Gasteiger partial charge is 0.363 e. The molecule has 0 unspecified atom stereocenters. The van der Waals surface area contributed by atoms with Gasteiger partial charge in [-0.3, -0.25) is 4.79 Å². The van der Waals surface area contributed by atoms with Crippen LogP contribution in [0.2, 0.25) is 0 Å². The van der Waals surface area contributed by atoms with Crippen molar-refractivity contribution in [2.45, 2.75) is 19.9 Å². The Hall–Kier alpha value is -1.91. The highest BCUT2D eigenvalue weighted by molar-refractivity contribution is 5.70. The van der Waals surface area contributed by atoms with Gasteiger partial charge in [-0.2, -0.15) is 0 Å². The standard InChI is InChI=1S/C10H12N4O/c1-6(2)12-9-10(15)14-8-7(13-9)4-3-5-11-8/h3-6H,1-2H3,(H,12,13)(H,11,14,15). The summed E-state index contributed by atoms with van der Waals surface area (Å²) in [5.74, 6) is 0.338. The fourth-order valence-corrected chi connectivity index (χ4v) is 1.29. The second kappa shape index (κ2) is 3.68. The Morgan fingerprint density at radius 1 is 1.47 bits per heavy atom. The quantitative estimate of drug-likeness (QED) is 0.769. The third-order valence-electron chi connectivity index (χ3n) is 1.89. The summed E-state index contributed by atoms with van der Waals surface area (Å²) in [6, 6.07) is 3.77. The average Bonchev–Trinajstić information content (AvgIpc) is 2.18. The molecule has 0 saturated carbocycles. The molecule has 0 amide bonds. The van der Waals surface area contributed by atoms with E-state index in [1.807, 2.05) is 19.9 Å². The highest BCUT2D eigenvalue weighted by atomic mass is 16.1. The lowest BCUT2D eigenvalue weighted by Gasteiger charge is -2.07. The number of hydrogen-bond donors (Lipinski definition) is 2. The number of aromatic nitrogens is 3. The number of H-pyrrole nitrogens is 1. The Morgan fingerprint density at radius 2 is 2.27 bits per heavy atom. The molecule has 2 aromatic heterocycles. The van der Waals surface area contributed by atoms with Crippen molar-refractivity contribution in [3.63, 3.8) is 0 Å². The van der Waals surface area contributed by atoms with Crippen LogP contribution in [0.4, 0.5) is 5.82 Å². The molecule has 0 aliphatic carbocycles. The van der Waals surface area contributed by atoms with Gasteiger partial charge in [0.2, 0.25) is 0 Å². The van der Waals surface area contributed by atoms with E-state index in [1.54, 1.807) is 12.3 Å². The number of rotatable bonds is 2. The summed E-state index contributed by atoms with van der Waals surface area (Å²) in [4.78, 5) is 22.4. The van der Waals surface area contributed by atoms with Gasteiger partial charge in [-0.1, -0.05) is 0 Å². The summed E-state index contributed by atoms with van der Waals surface area (Å²) < 4.78 is 0. The molecule has 5 nitrogen and oxygen atoms in total. The zero-order valence-corrected chi connectivity index (χ0v) is 8.61. The van der Waals surface area contributed by atoms with Crippen LogP contribution in [0.15, 0.2) is 23.1 Å². The molecule has 0 radical (unpaired) electrons. The molecule has 5 heteroatoms. The van der Waals surface area contributed by atoms with Crippen molar-refractivity contribution in [1.29, 1.82) is 0 Å². The normalized spacial score (nSPS) is 10.9. The first-order chi connectivity index (χ1) is 7.16. The van der Waals surface area contributed by atoms with Gasteiger partial charge in [0.15, 0.2) is 11.5 Å². The molecule has 15 heavy (non-hydrogen) atoms. The minimum atomic E-state index is -0.241. The Balaban J connectivity index is 2.57. The van der Waals surface area contributed by atoms with E-state index in [2.05, 4.69) is 20.3 Å². The van der Waals surface area contributed by atoms with Gasteiger partial charge in [-0.15, -0.1) is 0 Å². The molecule has 2 aromatic rings. The van der Waals surface area contributed by atoms with Gasteiger partial charge in [0.1, 0.15) is 5.52 Å². The fourth-order valence-electron chi connectivity index (χ4n) is 1.29. The van der Waals surface area contributed by atoms with Gasteiger partial charge in [0.25, 0.3) is 5.56 Å². The summed E-state index contributed by atoms with van der Waals surface area (Å²) in [6.45, 7) is 3.91. The number of anilines is 1. The number of hydrogen-bond acceptors (Lipinski definition) is 4. The van der Waals surface area contributed by atoms with Crippen LogP contribution in [0.5, 0.6) is 0 Å². The second-order valence-corrected chi connectivity index (χ2v) is 3.58. The van der Waals surface area contributed by atoms with E-state index in [-0.39, 0.29) is 11.6 Å². The van der Waals surface area contributed by atoms with Gasteiger partial charge >= 0.3 is 0 Å². The highest BCUT2D eigenvalue weighted by Crippen LogP contribution is 2.05. The lowest BCUT2D eigenvalue weighted by Crippen LogP contribution is -2.21. The first kappa shape index (κ1) is 9.64. The average molecular weight is 204 g/mol. The van der Waals surface area contributed by atoms with Gasteiger partial charge in [-0.25, -0.2) is 9.97 Å². The minimum absolute atomic E-state index is 0.174. The van der Waals surface area contributed by atoms with Crippen molar-refractivity contribution < 1.29 is 0 Å². The zero-order chi connectivity index (χ0) is 10.8. The van der Waals surface area contributed by atoms with E-state index in [1.165, 1.54) is 0 Å². The maximum atomic E-state index is 11.5. The SMILES string of the molecule is CC(C)Nc1nc2cccnc2[nH]c1=O. The number of fused-ring (bicyclic) bond motifs is 1. The van der Waals surface area contributed by atoms with Crippen molar-refractivity contribution >= 4 is 17.0 Å². The van der Waals surface area contributed by atoms with Crippen LogP contribution >= 0.6 is 0 Å². The van der Waals surface area contributed by atoms with E-state index in [4.69, 9.17) is 0 Å². The van der Waals surface area contributed by atoms with Gasteiger partial charge < -0.3 is 10.3 Å². The Bertz CT molecular complexity index is 532. The van der Waals surface area contributed by atoms with Crippen molar-refractivity contribution in [3.8, 4) is 0 Å². The molecular weight excluding hydrogens is 192 g/mol. The number of pyridine rings is 1. The molecule has 78 valence electrons. The Labute approximate surface area is 86.6 Å².